The van der Waals surface area contributed by atoms with Crippen LogP contribution in [0.2, 0.25) is 0 Å². The minimum Gasteiger partial charge on any atom is -0.480 e. The van der Waals surface area contributed by atoms with Gasteiger partial charge in [0.1, 0.15) is 0 Å². The molecule has 0 amide bonds. The predicted octanol–water partition coefficient (Wildman–Crippen LogP) is 2.47. The number of benzene rings is 1. The van der Waals surface area contributed by atoms with Crippen molar-refractivity contribution in [3.05, 3.63) is 60.4 Å². The number of carboxylic acids is 1. The average molecular weight is 492 g/mol. The van der Waals surface area contributed by atoms with Gasteiger partial charge in [0, 0.05) is 62.4 Å². The first-order chi connectivity index (χ1) is 17.6. The highest BCUT2D eigenvalue weighted by Gasteiger charge is 2.18. The predicted molar refractivity (Wildman–Crippen MR) is 138 cm³/mol. The summed E-state index contributed by atoms with van der Waals surface area (Å²) in [6, 6.07) is 13.9. The van der Waals surface area contributed by atoms with E-state index in [2.05, 4.69) is 42.6 Å². The van der Waals surface area contributed by atoms with E-state index in [-0.39, 0.29) is 6.54 Å². The molecule has 0 atom stereocenters. The highest BCUT2D eigenvalue weighted by molar-refractivity contribution is 5.69. The molecule has 1 fully saturated rings. The molecule has 36 heavy (non-hydrogen) atoms. The van der Waals surface area contributed by atoms with Crippen LogP contribution in [0.15, 0.2) is 54.9 Å². The number of carboxylic acid groups (broad SMARTS) is 1. The number of nitrogens with one attached hydrogen (secondary N) is 2. The van der Waals surface area contributed by atoms with Crippen molar-refractivity contribution in [2.24, 2.45) is 0 Å². The first-order valence-corrected chi connectivity index (χ1v) is 12.2. The minimum absolute atomic E-state index is 0.108. The minimum atomic E-state index is -0.772. The molecule has 0 radical (unpaired) electrons. The lowest BCUT2D eigenvalue weighted by Gasteiger charge is -2.33. The van der Waals surface area contributed by atoms with E-state index in [1.807, 2.05) is 42.3 Å². The summed E-state index contributed by atoms with van der Waals surface area (Å²) in [6.45, 7) is 5.68. The highest BCUT2D eigenvalue weighted by Crippen LogP contribution is 2.21. The maximum Gasteiger partial charge on any atom is 0.317 e. The average Bonchev–Trinajstić information content (AvgIpc) is 2.88. The van der Waals surface area contributed by atoms with Crippen LogP contribution in [-0.2, 0) is 11.3 Å². The largest absolute Gasteiger partial charge is 0.480 e. The van der Waals surface area contributed by atoms with E-state index in [0.29, 0.717) is 18.4 Å². The molecular weight excluding hydrogens is 458 g/mol. The molecule has 1 aliphatic rings. The third-order valence-electron chi connectivity index (χ3n) is 5.92. The van der Waals surface area contributed by atoms with Crippen molar-refractivity contribution in [1.29, 1.82) is 0 Å². The summed E-state index contributed by atoms with van der Waals surface area (Å²) in [6.07, 6.45) is 4.41. The molecule has 1 saturated heterocycles. The van der Waals surface area contributed by atoms with E-state index in [0.717, 1.165) is 62.6 Å². The number of aliphatic carboxylic acids is 1. The quantitative estimate of drug-likeness (QED) is 0.326. The second-order valence-electron chi connectivity index (χ2n) is 8.73. The standard InChI is InChI=1S/C26H33N7O3/c1-27-9-3-15-36-24-7-6-21(17-29-24)23-8-10-28-26(31-23)30-22-5-2-4-20(16-22)18-32-11-13-33(14-12-32)19-25(34)35/h2,4-8,10,16-17,27H,3,9,11-15,18-19H2,1H3,(H,34,35)(H,28,30,31). The van der Waals surface area contributed by atoms with Crippen LogP contribution in [0.25, 0.3) is 11.3 Å². The maximum atomic E-state index is 10.9. The van der Waals surface area contributed by atoms with E-state index in [9.17, 15) is 4.79 Å². The van der Waals surface area contributed by atoms with Crippen LogP contribution in [0, 0.1) is 0 Å². The molecule has 190 valence electrons. The number of hydrogen-bond acceptors (Lipinski definition) is 9. The van der Waals surface area contributed by atoms with Gasteiger partial charge < -0.3 is 20.5 Å². The Balaban J connectivity index is 1.33. The molecule has 1 aromatic carbocycles. The van der Waals surface area contributed by atoms with Gasteiger partial charge in [0.05, 0.1) is 18.8 Å². The van der Waals surface area contributed by atoms with Gasteiger partial charge in [-0.25, -0.2) is 15.0 Å². The van der Waals surface area contributed by atoms with E-state index in [1.54, 1.807) is 12.4 Å². The molecule has 4 rings (SSSR count). The van der Waals surface area contributed by atoms with Gasteiger partial charge in [-0.3, -0.25) is 14.6 Å². The lowest BCUT2D eigenvalue weighted by atomic mass is 10.1. The van der Waals surface area contributed by atoms with Gasteiger partial charge in [0.2, 0.25) is 11.8 Å². The Hall–Kier alpha value is -3.60. The summed E-state index contributed by atoms with van der Waals surface area (Å²) in [7, 11) is 1.92. The topological polar surface area (TPSA) is 116 Å². The van der Waals surface area contributed by atoms with Gasteiger partial charge in [-0.2, -0.15) is 0 Å². The summed E-state index contributed by atoms with van der Waals surface area (Å²) in [5.74, 6) is 0.341. The third-order valence-corrected chi connectivity index (χ3v) is 5.92. The number of hydrogen-bond donors (Lipinski definition) is 3. The van der Waals surface area contributed by atoms with Crippen LogP contribution in [0.4, 0.5) is 11.6 Å². The van der Waals surface area contributed by atoms with Crippen molar-refractivity contribution in [2.75, 3.05) is 58.2 Å². The van der Waals surface area contributed by atoms with Gasteiger partial charge in [0.15, 0.2) is 0 Å². The monoisotopic (exact) mass is 491 g/mol. The first-order valence-electron chi connectivity index (χ1n) is 12.2. The number of pyridine rings is 1. The lowest BCUT2D eigenvalue weighted by Crippen LogP contribution is -2.47. The number of aromatic nitrogens is 3. The molecule has 1 aliphatic heterocycles. The Morgan fingerprint density at radius 2 is 1.92 bits per heavy atom. The molecule has 0 unspecified atom stereocenters. The number of carbonyl (C=O) groups is 1. The Kier molecular flexibility index (Phi) is 9.15. The van der Waals surface area contributed by atoms with Crippen molar-refractivity contribution in [3.8, 4) is 17.1 Å². The lowest BCUT2D eigenvalue weighted by molar-refractivity contribution is -0.138. The third kappa shape index (κ3) is 7.70. The molecular formula is C26H33N7O3. The summed E-state index contributed by atoms with van der Waals surface area (Å²) < 4.78 is 5.66. The molecule has 2 aromatic heterocycles. The fourth-order valence-corrected chi connectivity index (χ4v) is 4.05. The summed E-state index contributed by atoms with van der Waals surface area (Å²) in [5, 5.41) is 15.4. The fraction of sp³-hybridized carbons (Fsp3) is 0.385. The van der Waals surface area contributed by atoms with Crippen molar-refractivity contribution >= 4 is 17.6 Å². The van der Waals surface area contributed by atoms with Crippen molar-refractivity contribution in [3.63, 3.8) is 0 Å². The first kappa shape index (κ1) is 25.5. The normalized spacial score (nSPS) is 14.5. The maximum absolute atomic E-state index is 10.9. The zero-order valence-electron chi connectivity index (χ0n) is 20.6. The molecule has 0 saturated carbocycles. The molecule has 10 nitrogen and oxygen atoms in total. The summed E-state index contributed by atoms with van der Waals surface area (Å²) in [4.78, 5) is 28.7. The van der Waals surface area contributed by atoms with Gasteiger partial charge in [-0.1, -0.05) is 12.1 Å². The van der Waals surface area contributed by atoms with Crippen LogP contribution >= 0.6 is 0 Å². The second kappa shape index (κ2) is 12.9. The van der Waals surface area contributed by atoms with Gasteiger partial charge in [-0.05, 0) is 49.8 Å². The zero-order valence-corrected chi connectivity index (χ0v) is 20.6. The Morgan fingerprint density at radius 1 is 1.08 bits per heavy atom. The van der Waals surface area contributed by atoms with Crippen LogP contribution in [0.1, 0.15) is 12.0 Å². The van der Waals surface area contributed by atoms with E-state index in [4.69, 9.17) is 9.84 Å². The summed E-state index contributed by atoms with van der Waals surface area (Å²) in [5.41, 5.74) is 3.76. The van der Waals surface area contributed by atoms with Crippen LogP contribution in [0.3, 0.4) is 0 Å². The Bertz CT molecular complexity index is 1120. The fourth-order valence-electron chi connectivity index (χ4n) is 4.05. The van der Waals surface area contributed by atoms with Crippen molar-refractivity contribution < 1.29 is 14.6 Å². The Morgan fingerprint density at radius 3 is 2.67 bits per heavy atom. The number of ether oxygens (including phenoxy) is 1. The number of anilines is 2. The molecule has 0 aliphatic carbocycles. The number of rotatable bonds is 12. The van der Waals surface area contributed by atoms with E-state index < -0.39 is 5.97 Å². The zero-order chi connectivity index (χ0) is 25.2. The molecule has 3 aromatic rings. The highest BCUT2D eigenvalue weighted by atomic mass is 16.5. The van der Waals surface area contributed by atoms with E-state index in [1.165, 1.54) is 5.56 Å². The van der Waals surface area contributed by atoms with Crippen molar-refractivity contribution in [2.45, 2.75) is 13.0 Å². The summed E-state index contributed by atoms with van der Waals surface area (Å²) >= 11 is 0. The number of piperazine rings is 1. The molecule has 0 spiro atoms. The molecule has 0 bridgehead atoms. The van der Waals surface area contributed by atoms with Crippen LogP contribution in [0.5, 0.6) is 5.88 Å². The van der Waals surface area contributed by atoms with E-state index >= 15 is 0 Å². The van der Waals surface area contributed by atoms with Crippen LogP contribution < -0.4 is 15.4 Å². The van der Waals surface area contributed by atoms with Gasteiger partial charge >= 0.3 is 5.97 Å². The molecule has 3 heterocycles. The van der Waals surface area contributed by atoms with Crippen molar-refractivity contribution in [1.82, 2.24) is 30.1 Å². The van der Waals surface area contributed by atoms with Gasteiger partial charge in [-0.15, -0.1) is 0 Å². The van der Waals surface area contributed by atoms with Crippen LogP contribution in [-0.4, -0.2) is 88.8 Å². The second-order valence-corrected chi connectivity index (χ2v) is 8.73. The SMILES string of the molecule is CNCCCOc1ccc(-c2ccnc(Nc3cccc(CN4CCN(CC(=O)O)CC4)c3)n2)cn1. The molecule has 10 heteroatoms. The molecule has 3 N–H and O–H groups in total. The number of nitrogens with zero attached hydrogens (tertiary/aromatic N) is 5. The Labute approximate surface area is 211 Å². The van der Waals surface area contributed by atoms with Gasteiger partial charge in [0.25, 0.3) is 0 Å². The smallest absolute Gasteiger partial charge is 0.317 e.